The van der Waals surface area contributed by atoms with Gasteiger partial charge in [0.1, 0.15) is 30.5 Å². The third-order valence-electron chi connectivity index (χ3n) is 4.07. The van der Waals surface area contributed by atoms with E-state index in [4.69, 9.17) is 20.0 Å². The largest absolute Gasteiger partial charge is 0.488 e. The summed E-state index contributed by atoms with van der Waals surface area (Å²) in [4.78, 5) is 14.4. The number of anilines is 1. The highest BCUT2D eigenvalue weighted by atomic mass is 16.7. The Morgan fingerprint density at radius 2 is 2.00 bits per heavy atom. The minimum Gasteiger partial charge on any atom is -0.488 e. The molecule has 0 saturated heterocycles. The van der Waals surface area contributed by atoms with E-state index in [-0.39, 0.29) is 0 Å². The van der Waals surface area contributed by atoms with Crippen LogP contribution in [-0.4, -0.2) is 33.3 Å². The van der Waals surface area contributed by atoms with Gasteiger partial charge in [0.2, 0.25) is 0 Å². The quantitative estimate of drug-likeness (QED) is 0.321. The number of ether oxygens (including phenoxy) is 2. The van der Waals surface area contributed by atoms with E-state index >= 15 is 0 Å². The number of nitrogen functional groups attached to an aromatic ring is 1. The van der Waals surface area contributed by atoms with Crippen molar-refractivity contribution in [3.63, 3.8) is 0 Å². The van der Waals surface area contributed by atoms with Crippen LogP contribution in [0.5, 0.6) is 17.2 Å². The molecular weight excluding hydrogens is 370 g/mol. The lowest BCUT2D eigenvalue weighted by molar-refractivity contribution is -0.0420. The van der Waals surface area contributed by atoms with Crippen LogP contribution in [0.2, 0.25) is 0 Å². The lowest BCUT2D eigenvalue weighted by atomic mass is 10.3. The summed E-state index contributed by atoms with van der Waals surface area (Å²) in [6.45, 7) is 4.91. The molecule has 2 heterocycles. The maximum atomic E-state index is 6.12. The molecule has 0 amide bonds. The van der Waals surface area contributed by atoms with Crippen LogP contribution in [0.1, 0.15) is 11.5 Å². The number of hydroxylamine groups is 2. The molecule has 0 fully saturated rings. The smallest absolute Gasteiger partial charge is 0.170 e. The summed E-state index contributed by atoms with van der Waals surface area (Å²) in [5.74, 6) is 2.76. The predicted molar refractivity (Wildman–Crippen MR) is 110 cm³/mol. The summed E-state index contributed by atoms with van der Waals surface area (Å²) in [5.41, 5.74) is 7.38. The van der Waals surface area contributed by atoms with Crippen molar-refractivity contribution in [3.8, 4) is 17.2 Å². The molecule has 0 unspecified atom stereocenters. The Kier molecular flexibility index (Phi) is 6.70. The van der Waals surface area contributed by atoms with Gasteiger partial charge in [0.15, 0.2) is 5.75 Å². The molecule has 1 aromatic carbocycles. The predicted octanol–water partition coefficient (Wildman–Crippen LogP) is 2.97. The molecule has 0 aliphatic heterocycles. The number of imidazole rings is 1. The minimum atomic E-state index is 0.320. The van der Waals surface area contributed by atoms with Crippen molar-refractivity contribution < 1.29 is 14.3 Å². The zero-order valence-corrected chi connectivity index (χ0v) is 16.6. The first kappa shape index (κ1) is 20.2. The maximum Gasteiger partial charge on any atom is 0.170 e. The molecule has 0 bridgehead atoms. The molecule has 3 rings (SSSR count). The normalized spacial score (nSPS) is 10.7. The van der Waals surface area contributed by atoms with Gasteiger partial charge < -0.3 is 24.6 Å². The van der Waals surface area contributed by atoms with Crippen LogP contribution in [-0.2, 0) is 20.2 Å². The summed E-state index contributed by atoms with van der Waals surface area (Å²) in [6, 6.07) is 9.01. The molecule has 0 atom stereocenters. The Bertz CT molecular complexity index is 940. The standard InChI is InChI=1S/C21H25N5O3/c1-4-11-27-18-6-5-16(24-13-18)15-28-17-7-8-20(19(22)12-17)29-26(3)14-21-23-9-10-25(21)2/h4-10,12-13H,1,11,14-15,22H2,2-3H3. The number of nitrogens with zero attached hydrogens (tertiary/aromatic N) is 4. The van der Waals surface area contributed by atoms with Gasteiger partial charge in [0.25, 0.3) is 0 Å². The van der Waals surface area contributed by atoms with Crippen LogP contribution < -0.4 is 20.0 Å². The molecule has 0 aliphatic rings. The van der Waals surface area contributed by atoms with Gasteiger partial charge in [0.05, 0.1) is 24.1 Å². The minimum absolute atomic E-state index is 0.320. The van der Waals surface area contributed by atoms with E-state index in [1.165, 1.54) is 0 Å². The molecular formula is C21H25N5O3. The van der Waals surface area contributed by atoms with Gasteiger partial charge in [-0.15, -0.1) is 5.06 Å². The maximum absolute atomic E-state index is 6.12. The summed E-state index contributed by atoms with van der Waals surface area (Å²) in [7, 11) is 3.76. The number of nitrogens with two attached hydrogens (primary N) is 1. The Morgan fingerprint density at radius 1 is 1.17 bits per heavy atom. The number of pyridine rings is 1. The van der Waals surface area contributed by atoms with Crippen molar-refractivity contribution in [1.82, 2.24) is 19.6 Å². The van der Waals surface area contributed by atoms with Gasteiger partial charge in [0, 0.05) is 32.6 Å². The molecule has 29 heavy (non-hydrogen) atoms. The van der Waals surface area contributed by atoms with Crippen molar-refractivity contribution in [2.24, 2.45) is 7.05 Å². The number of hydrogen-bond acceptors (Lipinski definition) is 7. The molecule has 0 radical (unpaired) electrons. The van der Waals surface area contributed by atoms with Crippen molar-refractivity contribution in [1.29, 1.82) is 0 Å². The van der Waals surface area contributed by atoms with Crippen molar-refractivity contribution in [3.05, 3.63) is 73.1 Å². The van der Waals surface area contributed by atoms with E-state index in [0.717, 1.165) is 11.5 Å². The first-order valence-corrected chi connectivity index (χ1v) is 9.11. The first-order valence-electron chi connectivity index (χ1n) is 9.11. The van der Waals surface area contributed by atoms with Gasteiger partial charge in [-0.3, -0.25) is 4.98 Å². The second kappa shape index (κ2) is 9.61. The molecule has 0 spiro atoms. The van der Waals surface area contributed by atoms with Crippen molar-refractivity contribution in [2.75, 3.05) is 19.4 Å². The molecule has 2 N–H and O–H groups in total. The van der Waals surface area contributed by atoms with E-state index in [2.05, 4.69) is 16.5 Å². The van der Waals surface area contributed by atoms with E-state index in [9.17, 15) is 0 Å². The van der Waals surface area contributed by atoms with Crippen LogP contribution >= 0.6 is 0 Å². The van der Waals surface area contributed by atoms with Gasteiger partial charge in [-0.2, -0.15) is 0 Å². The fourth-order valence-electron chi connectivity index (χ4n) is 2.54. The second-order valence-corrected chi connectivity index (χ2v) is 6.40. The van der Waals surface area contributed by atoms with Gasteiger partial charge >= 0.3 is 0 Å². The lowest BCUT2D eigenvalue weighted by Crippen LogP contribution is -2.24. The zero-order chi connectivity index (χ0) is 20.6. The highest BCUT2D eigenvalue weighted by molar-refractivity contribution is 5.56. The summed E-state index contributed by atoms with van der Waals surface area (Å²) < 4.78 is 13.1. The van der Waals surface area contributed by atoms with E-state index in [1.54, 1.807) is 35.7 Å². The van der Waals surface area contributed by atoms with Crippen LogP contribution in [0.25, 0.3) is 0 Å². The number of aromatic nitrogens is 3. The van der Waals surface area contributed by atoms with Crippen LogP contribution in [0.4, 0.5) is 5.69 Å². The highest BCUT2D eigenvalue weighted by Crippen LogP contribution is 2.27. The van der Waals surface area contributed by atoms with E-state index in [1.807, 2.05) is 43.1 Å². The number of rotatable bonds is 10. The zero-order valence-electron chi connectivity index (χ0n) is 16.6. The van der Waals surface area contributed by atoms with Crippen LogP contribution in [0, 0.1) is 0 Å². The average molecular weight is 395 g/mol. The average Bonchev–Trinajstić information content (AvgIpc) is 3.12. The molecule has 8 nitrogen and oxygen atoms in total. The van der Waals surface area contributed by atoms with E-state index < -0.39 is 0 Å². The van der Waals surface area contributed by atoms with E-state index in [0.29, 0.717) is 42.7 Å². The molecule has 0 aliphatic carbocycles. The highest BCUT2D eigenvalue weighted by Gasteiger charge is 2.10. The molecule has 0 saturated carbocycles. The van der Waals surface area contributed by atoms with Crippen LogP contribution in [0.15, 0.2) is 61.6 Å². The summed E-state index contributed by atoms with van der Waals surface area (Å²) in [6.07, 6.45) is 6.98. The number of hydrogen-bond donors (Lipinski definition) is 1. The lowest BCUT2D eigenvalue weighted by Gasteiger charge is -2.19. The van der Waals surface area contributed by atoms with Crippen molar-refractivity contribution >= 4 is 5.69 Å². The fraction of sp³-hybridized carbons (Fsp3) is 0.238. The number of aryl methyl sites for hydroxylation is 1. The van der Waals surface area contributed by atoms with Crippen LogP contribution in [0.3, 0.4) is 0 Å². The SMILES string of the molecule is C=CCOc1ccc(COc2ccc(ON(C)Cc3nccn3C)c(N)c2)nc1. The Labute approximate surface area is 170 Å². The number of benzene rings is 1. The van der Waals surface area contributed by atoms with Gasteiger partial charge in [-0.25, -0.2) is 4.98 Å². The molecule has 8 heteroatoms. The molecule has 2 aromatic heterocycles. The van der Waals surface area contributed by atoms with Gasteiger partial charge in [-0.05, 0) is 24.3 Å². The monoisotopic (exact) mass is 395 g/mol. The Hall–Kier alpha value is -3.52. The Balaban J connectivity index is 1.53. The molecule has 3 aromatic rings. The van der Waals surface area contributed by atoms with Gasteiger partial charge in [-0.1, -0.05) is 12.7 Å². The third kappa shape index (κ3) is 5.73. The summed E-state index contributed by atoms with van der Waals surface area (Å²) in [5, 5.41) is 1.68. The third-order valence-corrected chi connectivity index (χ3v) is 4.07. The Morgan fingerprint density at radius 3 is 2.66 bits per heavy atom. The second-order valence-electron chi connectivity index (χ2n) is 6.40. The topological polar surface area (TPSA) is 87.7 Å². The summed E-state index contributed by atoms with van der Waals surface area (Å²) >= 11 is 0. The fourth-order valence-corrected chi connectivity index (χ4v) is 2.54. The molecule has 152 valence electrons. The first-order chi connectivity index (χ1) is 14.0. The van der Waals surface area contributed by atoms with Crippen molar-refractivity contribution in [2.45, 2.75) is 13.2 Å².